The van der Waals surface area contributed by atoms with E-state index in [1.54, 1.807) is 6.92 Å². The van der Waals surface area contributed by atoms with E-state index in [1.165, 1.54) is 11.3 Å². The van der Waals surface area contributed by atoms with E-state index in [4.69, 9.17) is 10.5 Å². The number of carbonyl (C=O) groups excluding carboxylic acids is 1. The molecule has 0 radical (unpaired) electrons. The predicted molar refractivity (Wildman–Crippen MR) is 64.1 cm³/mol. The summed E-state index contributed by atoms with van der Waals surface area (Å²) in [6, 6.07) is 3.84. The molecule has 3 N–H and O–H groups in total. The van der Waals surface area contributed by atoms with Crippen LogP contribution in [0.4, 0.5) is 4.79 Å². The molecule has 0 spiro atoms. The molecule has 0 aromatic carbocycles. The van der Waals surface area contributed by atoms with E-state index in [9.17, 15) is 4.79 Å². The van der Waals surface area contributed by atoms with Gasteiger partial charge in [-0.3, -0.25) is 0 Å². The first-order valence-electron chi connectivity index (χ1n) is 4.94. The lowest BCUT2D eigenvalue weighted by Crippen LogP contribution is -2.23. The Morgan fingerprint density at radius 3 is 3.12 bits per heavy atom. The van der Waals surface area contributed by atoms with Crippen molar-refractivity contribution in [3.05, 3.63) is 21.9 Å². The second-order valence-electron chi connectivity index (χ2n) is 2.85. The molecule has 0 atom stereocenters. The fourth-order valence-corrected chi connectivity index (χ4v) is 1.84. The number of nitrogens with two attached hydrogens (primary N) is 1. The van der Waals surface area contributed by atoms with Gasteiger partial charge in [-0.15, -0.1) is 11.3 Å². The summed E-state index contributed by atoms with van der Waals surface area (Å²) in [7, 11) is 0. The summed E-state index contributed by atoms with van der Waals surface area (Å²) in [5, 5.41) is 2.65. The lowest BCUT2D eigenvalue weighted by molar-refractivity contribution is 0.152. The summed E-state index contributed by atoms with van der Waals surface area (Å²) >= 11 is 1.53. The quantitative estimate of drug-likeness (QED) is 0.780. The Labute approximate surface area is 98.8 Å². The van der Waals surface area contributed by atoms with Crippen molar-refractivity contribution in [1.29, 1.82) is 0 Å². The molecule has 5 heteroatoms. The highest BCUT2D eigenvalue weighted by molar-refractivity contribution is 7.12. The van der Waals surface area contributed by atoms with Crippen LogP contribution >= 0.6 is 11.3 Å². The van der Waals surface area contributed by atoms with Gasteiger partial charge in [0.05, 0.1) is 24.6 Å². The van der Waals surface area contributed by atoms with E-state index < -0.39 is 6.09 Å². The van der Waals surface area contributed by atoms with E-state index >= 15 is 0 Å². The summed E-state index contributed by atoms with van der Waals surface area (Å²) in [4.78, 5) is 13.0. The molecule has 0 fully saturated rings. The van der Waals surface area contributed by atoms with Crippen LogP contribution in [-0.2, 0) is 11.3 Å². The van der Waals surface area contributed by atoms with Crippen molar-refractivity contribution in [2.24, 2.45) is 5.73 Å². The van der Waals surface area contributed by atoms with E-state index in [0.717, 1.165) is 9.75 Å². The van der Waals surface area contributed by atoms with Crippen molar-refractivity contribution >= 4 is 17.4 Å². The third-order valence-corrected chi connectivity index (χ3v) is 2.66. The van der Waals surface area contributed by atoms with Crippen molar-refractivity contribution in [2.75, 3.05) is 13.2 Å². The molecular weight excluding hydrogens is 224 g/mol. The highest BCUT2D eigenvalue weighted by Gasteiger charge is 2.02. The smallest absolute Gasteiger partial charge is 0.407 e. The summed E-state index contributed by atoms with van der Waals surface area (Å²) in [5.74, 6) is 5.72. The third kappa shape index (κ3) is 4.34. The summed E-state index contributed by atoms with van der Waals surface area (Å²) in [5.41, 5.74) is 5.27. The van der Waals surface area contributed by atoms with Crippen LogP contribution in [0.25, 0.3) is 0 Å². The van der Waals surface area contributed by atoms with Crippen LogP contribution in [0, 0.1) is 11.8 Å². The maximum absolute atomic E-state index is 11.0. The Morgan fingerprint density at radius 2 is 2.44 bits per heavy atom. The van der Waals surface area contributed by atoms with Gasteiger partial charge >= 0.3 is 6.09 Å². The standard InChI is InChI=1S/C11H14N2O2S/c1-2-15-11(14)13-8-10-6-5-9(16-10)4-3-7-12/h5-6H,2,7-8,12H2,1H3,(H,13,14). The minimum Gasteiger partial charge on any atom is -0.450 e. The number of ether oxygens (including phenoxy) is 1. The van der Waals surface area contributed by atoms with Crippen LogP contribution in [-0.4, -0.2) is 19.2 Å². The average Bonchev–Trinajstić information content (AvgIpc) is 2.72. The number of hydrogen-bond donors (Lipinski definition) is 2. The molecule has 0 aliphatic heterocycles. The van der Waals surface area contributed by atoms with E-state index in [2.05, 4.69) is 17.2 Å². The number of thiophene rings is 1. The zero-order chi connectivity index (χ0) is 11.8. The Bertz CT molecular complexity index is 404. The van der Waals surface area contributed by atoms with Gasteiger partial charge in [-0.25, -0.2) is 4.79 Å². The molecule has 0 unspecified atom stereocenters. The van der Waals surface area contributed by atoms with Gasteiger partial charge in [0.15, 0.2) is 0 Å². The SMILES string of the molecule is CCOC(=O)NCc1ccc(C#CCN)s1. The molecular formula is C11H14N2O2S. The first-order valence-corrected chi connectivity index (χ1v) is 5.76. The van der Waals surface area contributed by atoms with E-state index in [-0.39, 0.29) is 0 Å². The van der Waals surface area contributed by atoms with Gasteiger partial charge in [0.25, 0.3) is 0 Å². The monoisotopic (exact) mass is 238 g/mol. The van der Waals surface area contributed by atoms with Crippen molar-refractivity contribution < 1.29 is 9.53 Å². The summed E-state index contributed by atoms with van der Waals surface area (Å²) < 4.78 is 4.75. The maximum Gasteiger partial charge on any atom is 0.407 e. The Balaban J connectivity index is 2.43. The number of alkyl carbamates (subject to hydrolysis) is 1. The molecule has 1 heterocycles. The van der Waals surface area contributed by atoms with Crippen LogP contribution in [0.1, 0.15) is 16.7 Å². The van der Waals surface area contributed by atoms with Crippen molar-refractivity contribution in [3.8, 4) is 11.8 Å². The molecule has 4 nitrogen and oxygen atoms in total. The van der Waals surface area contributed by atoms with Crippen LogP contribution in [0.2, 0.25) is 0 Å². The van der Waals surface area contributed by atoms with Crippen molar-refractivity contribution in [1.82, 2.24) is 5.32 Å². The topological polar surface area (TPSA) is 64.3 Å². The minimum atomic E-state index is -0.398. The van der Waals surface area contributed by atoms with Gasteiger partial charge in [-0.1, -0.05) is 11.8 Å². The minimum absolute atomic E-state index is 0.355. The zero-order valence-electron chi connectivity index (χ0n) is 9.08. The second kappa shape index (κ2) is 6.88. The molecule has 86 valence electrons. The Hall–Kier alpha value is -1.51. The molecule has 1 aromatic heterocycles. The molecule has 0 bridgehead atoms. The highest BCUT2D eigenvalue weighted by Crippen LogP contribution is 2.14. The largest absolute Gasteiger partial charge is 0.450 e. The molecule has 0 saturated carbocycles. The fraction of sp³-hybridized carbons (Fsp3) is 0.364. The predicted octanol–water partition coefficient (Wildman–Crippen LogP) is 1.30. The number of rotatable bonds is 3. The Kier molecular flexibility index (Phi) is 5.40. The van der Waals surface area contributed by atoms with Crippen LogP contribution in [0.5, 0.6) is 0 Å². The van der Waals surface area contributed by atoms with Crippen molar-refractivity contribution in [3.63, 3.8) is 0 Å². The van der Waals surface area contributed by atoms with Gasteiger partial charge in [0, 0.05) is 4.88 Å². The number of hydrogen-bond acceptors (Lipinski definition) is 4. The molecule has 1 amide bonds. The molecule has 0 aliphatic rings. The zero-order valence-corrected chi connectivity index (χ0v) is 9.89. The summed E-state index contributed by atoms with van der Waals surface area (Å²) in [6.45, 7) is 2.97. The van der Waals surface area contributed by atoms with Crippen LogP contribution in [0.15, 0.2) is 12.1 Å². The lowest BCUT2D eigenvalue weighted by Gasteiger charge is -2.02. The molecule has 1 rings (SSSR count). The van der Waals surface area contributed by atoms with Crippen LogP contribution < -0.4 is 11.1 Å². The Morgan fingerprint density at radius 1 is 1.62 bits per heavy atom. The first-order chi connectivity index (χ1) is 7.76. The van der Waals surface area contributed by atoms with E-state index in [0.29, 0.717) is 19.7 Å². The number of nitrogens with one attached hydrogen (secondary N) is 1. The third-order valence-electron chi connectivity index (χ3n) is 1.66. The van der Waals surface area contributed by atoms with Gasteiger partial charge in [-0.2, -0.15) is 0 Å². The number of carbonyl (C=O) groups is 1. The first kappa shape index (κ1) is 12.6. The van der Waals surface area contributed by atoms with Crippen LogP contribution in [0.3, 0.4) is 0 Å². The molecule has 0 aliphatic carbocycles. The fourth-order valence-electron chi connectivity index (χ4n) is 1.02. The summed E-state index contributed by atoms with van der Waals surface area (Å²) in [6.07, 6.45) is -0.398. The normalized spacial score (nSPS) is 9.12. The second-order valence-corrected chi connectivity index (χ2v) is 4.01. The van der Waals surface area contributed by atoms with Gasteiger partial charge in [0.2, 0.25) is 0 Å². The number of amides is 1. The average molecular weight is 238 g/mol. The highest BCUT2D eigenvalue weighted by atomic mass is 32.1. The molecule has 16 heavy (non-hydrogen) atoms. The lowest BCUT2D eigenvalue weighted by atomic mass is 10.4. The van der Waals surface area contributed by atoms with Crippen molar-refractivity contribution in [2.45, 2.75) is 13.5 Å². The molecule has 0 saturated heterocycles. The van der Waals surface area contributed by atoms with E-state index in [1.807, 2.05) is 12.1 Å². The van der Waals surface area contributed by atoms with Gasteiger partial charge in [0.1, 0.15) is 0 Å². The molecule has 1 aromatic rings. The van der Waals surface area contributed by atoms with Gasteiger partial charge < -0.3 is 15.8 Å². The van der Waals surface area contributed by atoms with Gasteiger partial charge in [-0.05, 0) is 19.1 Å². The maximum atomic E-state index is 11.0.